The third-order valence-corrected chi connectivity index (χ3v) is 6.59. The molecule has 29 heavy (non-hydrogen) atoms. The van der Waals surface area contributed by atoms with Crippen LogP contribution in [0.25, 0.3) is 0 Å². The van der Waals surface area contributed by atoms with Gasteiger partial charge in [-0.15, -0.1) is 0 Å². The van der Waals surface area contributed by atoms with E-state index in [1.807, 2.05) is 37.3 Å². The Morgan fingerprint density at radius 2 is 1.66 bits per heavy atom. The van der Waals surface area contributed by atoms with Crippen molar-refractivity contribution in [3.8, 4) is 11.5 Å². The molecule has 1 amide bonds. The van der Waals surface area contributed by atoms with E-state index in [1.165, 1.54) is 0 Å². The lowest BCUT2D eigenvalue weighted by Crippen LogP contribution is -2.48. The second kappa shape index (κ2) is 6.76. The summed E-state index contributed by atoms with van der Waals surface area (Å²) in [4.78, 5) is 24.9. The summed E-state index contributed by atoms with van der Waals surface area (Å²) in [5.41, 5.74) is 1.77. The number of aliphatic carboxylic acids is 1. The number of anilines is 1. The van der Waals surface area contributed by atoms with E-state index in [4.69, 9.17) is 4.74 Å². The zero-order valence-corrected chi connectivity index (χ0v) is 16.1. The van der Waals surface area contributed by atoms with Crippen molar-refractivity contribution in [3.63, 3.8) is 0 Å². The van der Waals surface area contributed by atoms with Crippen LogP contribution in [0.3, 0.4) is 0 Å². The molecule has 6 rings (SSSR count). The molecule has 0 aromatic heterocycles. The fourth-order valence-electron chi connectivity index (χ4n) is 5.22. The molecule has 2 aromatic carbocycles. The Kier molecular flexibility index (Phi) is 4.19. The van der Waals surface area contributed by atoms with Gasteiger partial charge in [-0.2, -0.15) is 0 Å². The highest BCUT2D eigenvalue weighted by molar-refractivity contribution is 5.96. The molecule has 2 N–H and O–H groups in total. The molecule has 6 atom stereocenters. The molecule has 148 valence electrons. The second-order valence-electron chi connectivity index (χ2n) is 8.43. The van der Waals surface area contributed by atoms with Crippen molar-refractivity contribution in [2.24, 2.45) is 35.5 Å². The number of rotatable bonds is 5. The molecule has 0 heterocycles. The van der Waals surface area contributed by atoms with Gasteiger partial charge in [-0.05, 0) is 79.0 Å². The Hall–Kier alpha value is -3.08. The van der Waals surface area contributed by atoms with Gasteiger partial charge in [0.2, 0.25) is 5.91 Å². The number of carbonyl (C=O) groups is 2. The molecule has 4 aliphatic carbocycles. The van der Waals surface area contributed by atoms with Gasteiger partial charge in [-0.1, -0.05) is 24.3 Å². The van der Waals surface area contributed by atoms with Crippen LogP contribution in [0, 0.1) is 42.4 Å². The average molecular weight is 389 g/mol. The van der Waals surface area contributed by atoms with Gasteiger partial charge in [0.15, 0.2) is 0 Å². The van der Waals surface area contributed by atoms with Crippen LogP contribution >= 0.6 is 0 Å². The van der Waals surface area contributed by atoms with Gasteiger partial charge in [0.25, 0.3) is 0 Å². The first-order valence-corrected chi connectivity index (χ1v) is 10.1. The molecule has 0 aliphatic heterocycles. The summed E-state index contributed by atoms with van der Waals surface area (Å²) in [6.07, 6.45) is 5.14. The van der Waals surface area contributed by atoms with E-state index >= 15 is 0 Å². The van der Waals surface area contributed by atoms with Crippen molar-refractivity contribution in [3.05, 3.63) is 66.2 Å². The number of carboxylic acids is 1. The van der Waals surface area contributed by atoms with Crippen molar-refractivity contribution in [2.45, 2.75) is 13.3 Å². The van der Waals surface area contributed by atoms with Crippen molar-refractivity contribution in [2.75, 3.05) is 5.32 Å². The normalized spacial score (nSPS) is 31.1. The van der Waals surface area contributed by atoms with E-state index in [2.05, 4.69) is 11.4 Å². The van der Waals surface area contributed by atoms with E-state index < -0.39 is 17.8 Å². The van der Waals surface area contributed by atoms with Crippen molar-refractivity contribution >= 4 is 17.6 Å². The highest BCUT2D eigenvalue weighted by Gasteiger charge is 2.62. The smallest absolute Gasteiger partial charge is 0.307 e. The van der Waals surface area contributed by atoms with Gasteiger partial charge < -0.3 is 15.2 Å². The molecule has 2 fully saturated rings. The number of carboxylic acid groups (broad SMARTS) is 1. The van der Waals surface area contributed by atoms with Gasteiger partial charge in [-0.25, -0.2) is 0 Å². The van der Waals surface area contributed by atoms with Crippen molar-refractivity contribution in [1.29, 1.82) is 0 Å². The summed E-state index contributed by atoms with van der Waals surface area (Å²) in [6.45, 7) is 2.01. The van der Waals surface area contributed by atoms with Crippen LogP contribution in [0.2, 0.25) is 0 Å². The number of carbonyl (C=O) groups excluding carboxylic acids is 1. The Labute approximate surface area is 169 Å². The lowest BCUT2D eigenvalue weighted by Gasteiger charge is -2.41. The third-order valence-electron chi connectivity index (χ3n) is 6.59. The lowest BCUT2D eigenvalue weighted by atomic mass is 9.62. The topological polar surface area (TPSA) is 75.6 Å². The van der Waals surface area contributed by atoms with E-state index in [9.17, 15) is 14.7 Å². The Morgan fingerprint density at radius 1 is 0.966 bits per heavy atom. The maximum atomic E-state index is 13.0. The number of hydrogen-bond acceptors (Lipinski definition) is 3. The summed E-state index contributed by atoms with van der Waals surface area (Å²) in [5, 5.41) is 12.7. The summed E-state index contributed by atoms with van der Waals surface area (Å²) in [5.74, 6) is 0.193. The molecular weight excluding hydrogens is 366 g/mol. The van der Waals surface area contributed by atoms with E-state index in [-0.39, 0.29) is 17.7 Å². The van der Waals surface area contributed by atoms with E-state index in [0.29, 0.717) is 23.3 Å². The Balaban J connectivity index is 1.29. The Morgan fingerprint density at radius 3 is 2.31 bits per heavy atom. The van der Waals surface area contributed by atoms with Crippen LogP contribution in [0.15, 0.2) is 60.7 Å². The molecule has 2 bridgehead atoms. The van der Waals surface area contributed by atoms with Crippen LogP contribution in [0.4, 0.5) is 5.69 Å². The molecule has 0 saturated heterocycles. The first-order chi connectivity index (χ1) is 14.0. The second-order valence-corrected chi connectivity index (χ2v) is 8.43. The summed E-state index contributed by atoms with van der Waals surface area (Å²) < 4.78 is 5.84. The van der Waals surface area contributed by atoms with Crippen LogP contribution in [-0.4, -0.2) is 17.0 Å². The molecule has 5 heteroatoms. The molecule has 2 aromatic rings. The monoisotopic (exact) mass is 389 g/mol. The van der Waals surface area contributed by atoms with E-state index in [0.717, 1.165) is 17.7 Å². The molecule has 0 spiro atoms. The third kappa shape index (κ3) is 3.20. The summed E-state index contributed by atoms with van der Waals surface area (Å²) in [7, 11) is 0. The number of amides is 1. The fourth-order valence-corrected chi connectivity index (χ4v) is 5.22. The molecule has 0 unspecified atom stereocenters. The highest BCUT2D eigenvalue weighted by atomic mass is 16.5. The molecular formula is C24H23NO4. The minimum atomic E-state index is -0.864. The number of aryl methyl sites for hydroxylation is 1. The molecule has 5 nitrogen and oxygen atoms in total. The van der Waals surface area contributed by atoms with Crippen LogP contribution < -0.4 is 10.1 Å². The van der Waals surface area contributed by atoms with Crippen LogP contribution in [0.1, 0.15) is 12.0 Å². The van der Waals surface area contributed by atoms with Gasteiger partial charge in [0.05, 0.1) is 11.8 Å². The number of nitrogens with one attached hydrogen (secondary N) is 1. The molecule has 4 aliphatic rings. The molecule has 2 saturated carbocycles. The largest absolute Gasteiger partial charge is 0.481 e. The summed E-state index contributed by atoms with van der Waals surface area (Å²) in [6, 6.07) is 15.0. The highest BCUT2D eigenvalue weighted by Crippen LogP contribution is 2.63. The number of benzene rings is 2. The SMILES string of the molecule is Cc1cccc(Oc2ccc(NC(=O)[C@@H]3[C@@H]4C=C[C@H]([C@H]5C[C@H]45)[C@@H]3C(=O)O)cc2)c1. The minimum Gasteiger partial charge on any atom is -0.481 e. The van der Waals surface area contributed by atoms with Gasteiger partial charge in [-0.3, -0.25) is 9.59 Å². The first kappa shape index (κ1) is 18.0. The number of hydrogen-bond donors (Lipinski definition) is 2. The van der Waals surface area contributed by atoms with Gasteiger partial charge in [0, 0.05) is 5.69 Å². The molecule has 0 radical (unpaired) electrons. The number of fused-ring (bicyclic) bond motifs is 1. The van der Waals surface area contributed by atoms with Gasteiger partial charge in [0.1, 0.15) is 11.5 Å². The maximum Gasteiger partial charge on any atom is 0.307 e. The number of ether oxygens (including phenoxy) is 1. The first-order valence-electron chi connectivity index (χ1n) is 10.1. The zero-order valence-electron chi connectivity index (χ0n) is 16.1. The van der Waals surface area contributed by atoms with Crippen molar-refractivity contribution < 1.29 is 19.4 Å². The van der Waals surface area contributed by atoms with Crippen molar-refractivity contribution in [1.82, 2.24) is 0 Å². The van der Waals surface area contributed by atoms with Crippen LogP contribution in [0.5, 0.6) is 11.5 Å². The predicted octanol–water partition coefficient (Wildman–Crippen LogP) is 4.49. The zero-order chi connectivity index (χ0) is 20.1. The predicted molar refractivity (Wildman–Crippen MR) is 109 cm³/mol. The lowest BCUT2D eigenvalue weighted by molar-refractivity contribution is -0.152. The Bertz CT molecular complexity index is 996. The number of allylic oxidation sites excluding steroid dienone is 2. The fraction of sp³-hybridized carbons (Fsp3) is 0.333. The standard InChI is InChI=1S/C24H23NO4/c1-13-3-2-4-16(11-13)29-15-7-5-14(6-8-15)25-23(26)21-17-9-10-18(20-12-19(17)20)22(21)24(27)28/h2-11,17-22H,12H2,1H3,(H,25,26)(H,27,28)/t17-,18-,19-,20-,21-,22+/m1/s1. The average Bonchev–Trinajstić information content (AvgIpc) is 3.51. The van der Waals surface area contributed by atoms with Crippen LogP contribution in [-0.2, 0) is 9.59 Å². The quantitative estimate of drug-likeness (QED) is 0.739. The van der Waals surface area contributed by atoms with Gasteiger partial charge >= 0.3 is 5.97 Å². The minimum absolute atomic E-state index is 0.0108. The van der Waals surface area contributed by atoms with E-state index in [1.54, 1.807) is 24.3 Å². The summed E-state index contributed by atoms with van der Waals surface area (Å²) >= 11 is 0. The maximum absolute atomic E-state index is 13.0.